The minimum atomic E-state index is 0.702. The minimum absolute atomic E-state index is 0.702. The monoisotopic (exact) mass is 357 g/mol. The molecule has 0 aliphatic carbocycles. The van der Waals surface area contributed by atoms with Gasteiger partial charge in [0.05, 0.1) is 0 Å². The number of allylic oxidation sites excluding steroid dienone is 6. The summed E-state index contributed by atoms with van der Waals surface area (Å²) in [5.74, 6) is 0.970. The lowest BCUT2D eigenvalue weighted by Gasteiger charge is -2.28. The van der Waals surface area contributed by atoms with Crippen LogP contribution in [-0.4, -0.2) is 41.1 Å². The highest BCUT2D eigenvalue weighted by Crippen LogP contribution is 2.29. The Morgan fingerprint density at radius 2 is 2.12 bits per heavy atom. The minimum Gasteiger partial charge on any atom is -0.356 e. The van der Waals surface area contributed by atoms with Crippen molar-refractivity contribution in [2.75, 3.05) is 31.1 Å². The standard InChI is InChI=1S/C19H24ClN5/c1-3-4-5-6-15(20)11-14(2)16-12-22-18-17(16)23-13-24-19(18)25-9-7-21-8-10-25/h4-6,11-13,21-22H,3,7-10H2,1-2H3/b5-4+,14-11+,15-6+. The predicted octanol–water partition coefficient (Wildman–Crippen LogP) is 3.86. The average molecular weight is 358 g/mol. The molecule has 0 amide bonds. The van der Waals surface area contributed by atoms with E-state index < -0.39 is 0 Å². The molecule has 0 saturated carbocycles. The van der Waals surface area contributed by atoms with Crippen LogP contribution in [-0.2, 0) is 0 Å². The number of anilines is 1. The number of aromatic nitrogens is 3. The molecule has 5 nitrogen and oxygen atoms in total. The molecule has 1 saturated heterocycles. The van der Waals surface area contributed by atoms with Crippen LogP contribution in [0.15, 0.2) is 41.9 Å². The van der Waals surface area contributed by atoms with Gasteiger partial charge in [-0.1, -0.05) is 30.7 Å². The van der Waals surface area contributed by atoms with Crippen LogP contribution >= 0.6 is 11.6 Å². The van der Waals surface area contributed by atoms with Crippen LogP contribution in [0.1, 0.15) is 25.8 Å². The second-order valence-corrected chi connectivity index (χ2v) is 6.51. The van der Waals surface area contributed by atoms with E-state index in [1.165, 1.54) is 0 Å². The highest BCUT2D eigenvalue weighted by Gasteiger charge is 2.18. The molecule has 0 unspecified atom stereocenters. The summed E-state index contributed by atoms with van der Waals surface area (Å²) in [4.78, 5) is 14.7. The van der Waals surface area contributed by atoms with Crippen molar-refractivity contribution < 1.29 is 0 Å². The molecule has 0 atom stereocenters. The number of hydrogen-bond acceptors (Lipinski definition) is 4. The molecule has 1 fully saturated rings. The molecule has 6 heteroatoms. The normalized spacial score (nSPS) is 17.0. The fourth-order valence-corrected chi connectivity index (χ4v) is 3.21. The van der Waals surface area contributed by atoms with Crippen molar-refractivity contribution in [3.05, 3.63) is 47.4 Å². The molecular weight excluding hydrogens is 334 g/mol. The summed E-state index contributed by atoms with van der Waals surface area (Å²) < 4.78 is 0. The first kappa shape index (κ1) is 17.7. The molecule has 0 bridgehead atoms. The van der Waals surface area contributed by atoms with Crippen LogP contribution < -0.4 is 10.2 Å². The number of nitrogens with one attached hydrogen (secondary N) is 2. The largest absolute Gasteiger partial charge is 0.356 e. The van der Waals surface area contributed by atoms with E-state index in [0.717, 1.165) is 60.6 Å². The molecule has 3 rings (SSSR count). The fraction of sp³-hybridized carbons (Fsp3) is 0.368. The second kappa shape index (κ2) is 8.32. The Balaban J connectivity index is 1.93. The van der Waals surface area contributed by atoms with E-state index in [9.17, 15) is 0 Å². The first-order chi connectivity index (χ1) is 12.2. The van der Waals surface area contributed by atoms with Gasteiger partial charge in [0.1, 0.15) is 17.4 Å². The van der Waals surface area contributed by atoms with E-state index in [1.807, 2.05) is 24.4 Å². The van der Waals surface area contributed by atoms with Gasteiger partial charge >= 0.3 is 0 Å². The zero-order chi connectivity index (χ0) is 17.6. The third kappa shape index (κ3) is 4.11. The van der Waals surface area contributed by atoms with Crippen molar-refractivity contribution >= 4 is 34.0 Å². The molecule has 0 spiro atoms. The number of nitrogens with zero attached hydrogens (tertiary/aromatic N) is 3. The number of fused-ring (bicyclic) bond motifs is 1. The Morgan fingerprint density at radius 3 is 2.88 bits per heavy atom. The van der Waals surface area contributed by atoms with Gasteiger partial charge in [0.25, 0.3) is 0 Å². The Hall–Kier alpha value is -2.11. The van der Waals surface area contributed by atoms with Crippen molar-refractivity contribution in [2.24, 2.45) is 0 Å². The van der Waals surface area contributed by atoms with Crippen LogP contribution in [0.3, 0.4) is 0 Å². The van der Waals surface area contributed by atoms with Crippen LogP contribution in [0.25, 0.3) is 16.6 Å². The summed E-state index contributed by atoms with van der Waals surface area (Å²) in [5.41, 5.74) is 4.05. The van der Waals surface area contributed by atoms with Gasteiger partial charge in [0.15, 0.2) is 5.82 Å². The van der Waals surface area contributed by atoms with Gasteiger partial charge in [0, 0.05) is 43.0 Å². The Bertz CT molecular complexity index is 812. The summed E-state index contributed by atoms with van der Waals surface area (Å²) in [6.45, 7) is 8.00. The molecule has 25 heavy (non-hydrogen) atoms. The number of piperazine rings is 1. The van der Waals surface area contributed by atoms with Crippen LogP contribution in [0.4, 0.5) is 5.82 Å². The van der Waals surface area contributed by atoms with Crippen molar-refractivity contribution in [1.82, 2.24) is 20.3 Å². The third-order valence-corrected chi connectivity index (χ3v) is 4.50. The SMILES string of the molecule is CC/C=C/C=C(Cl)\C=C(/C)c1c[nH]c2c(N3CCNCC3)ncnc12. The molecule has 2 N–H and O–H groups in total. The maximum Gasteiger partial charge on any atom is 0.156 e. The van der Waals surface area contributed by atoms with Crippen LogP contribution in [0.2, 0.25) is 0 Å². The van der Waals surface area contributed by atoms with Gasteiger partial charge in [-0.2, -0.15) is 0 Å². The smallest absolute Gasteiger partial charge is 0.156 e. The molecule has 2 aromatic rings. The van der Waals surface area contributed by atoms with E-state index >= 15 is 0 Å². The molecule has 3 heterocycles. The molecule has 0 aromatic carbocycles. The average Bonchev–Trinajstić information content (AvgIpc) is 3.07. The molecule has 1 aliphatic rings. The number of rotatable bonds is 5. The maximum atomic E-state index is 6.31. The Labute approximate surface area is 153 Å². The molecule has 0 radical (unpaired) electrons. The van der Waals surface area contributed by atoms with Crippen molar-refractivity contribution in [1.29, 1.82) is 0 Å². The maximum absolute atomic E-state index is 6.31. The Kier molecular flexibility index (Phi) is 5.89. The van der Waals surface area contributed by atoms with E-state index in [2.05, 4.69) is 45.1 Å². The highest BCUT2D eigenvalue weighted by molar-refractivity contribution is 6.31. The summed E-state index contributed by atoms with van der Waals surface area (Å²) >= 11 is 6.31. The first-order valence-electron chi connectivity index (χ1n) is 8.69. The number of aromatic amines is 1. The van der Waals surface area contributed by atoms with E-state index in [-0.39, 0.29) is 0 Å². The van der Waals surface area contributed by atoms with Gasteiger partial charge in [-0.15, -0.1) is 0 Å². The van der Waals surface area contributed by atoms with Crippen molar-refractivity contribution in [3.8, 4) is 0 Å². The predicted molar refractivity (Wildman–Crippen MR) is 106 cm³/mol. The molecular formula is C19H24ClN5. The molecule has 2 aromatic heterocycles. The topological polar surface area (TPSA) is 56.8 Å². The second-order valence-electron chi connectivity index (χ2n) is 6.08. The van der Waals surface area contributed by atoms with E-state index in [0.29, 0.717) is 5.03 Å². The van der Waals surface area contributed by atoms with Crippen LogP contribution in [0, 0.1) is 0 Å². The van der Waals surface area contributed by atoms with Gasteiger partial charge in [-0.3, -0.25) is 0 Å². The zero-order valence-corrected chi connectivity index (χ0v) is 15.5. The zero-order valence-electron chi connectivity index (χ0n) is 14.7. The summed E-state index contributed by atoms with van der Waals surface area (Å²) in [6, 6.07) is 0. The first-order valence-corrected chi connectivity index (χ1v) is 9.07. The summed E-state index contributed by atoms with van der Waals surface area (Å²) in [6.07, 6.45) is 12.6. The lowest BCUT2D eigenvalue weighted by Crippen LogP contribution is -2.44. The highest BCUT2D eigenvalue weighted by atomic mass is 35.5. The van der Waals surface area contributed by atoms with Crippen molar-refractivity contribution in [2.45, 2.75) is 20.3 Å². The Morgan fingerprint density at radius 1 is 1.32 bits per heavy atom. The number of H-pyrrole nitrogens is 1. The number of halogens is 1. The van der Waals surface area contributed by atoms with Gasteiger partial charge < -0.3 is 15.2 Å². The fourth-order valence-electron chi connectivity index (χ4n) is 2.97. The number of hydrogen-bond donors (Lipinski definition) is 2. The van der Waals surface area contributed by atoms with Crippen LogP contribution in [0.5, 0.6) is 0 Å². The van der Waals surface area contributed by atoms with Gasteiger partial charge in [-0.05, 0) is 31.1 Å². The lowest BCUT2D eigenvalue weighted by atomic mass is 10.1. The van der Waals surface area contributed by atoms with Gasteiger partial charge in [-0.25, -0.2) is 9.97 Å². The molecule has 132 valence electrons. The quantitative estimate of drug-likeness (QED) is 0.798. The van der Waals surface area contributed by atoms with Gasteiger partial charge in [0.2, 0.25) is 0 Å². The lowest BCUT2D eigenvalue weighted by molar-refractivity contribution is 0.586. The summed E-state index contributed by atoms with van der Waals surface area (Å²) in [5, 5.41) is 4.07. The molecule has 1 aliphatic heterocycles. The third-order valence-electron chi connectivity index (χ3n) is 4.27. The van der Waals surface area contributed by atoms with Crippen molar-refractivity contribution in [3.63, 3.8) is 0 Å². The summed E-state index contributed by atoms with van der Waals surface area (Å²) in [7, 11) is 0. The van der Waals surface area contributed by atoms with E-state index in [4.69, 9.17) is 11.6 Å². The van der Waals surface area contributed by atoms with E-state index in [1.54, 1.807) is 6.33 Å².